The third-order valence-electron chi connectivity index (χ3n) is 2.96. The first kappa shape index (κ1) is 15.7. The lowest BCUT2D eigenvalue weighted by Gasteiger charge is -2.20. The number of hydrogen-bond acceptors (Lipinski definition) is 4. The summed E-state index contributed by atoms with van der Waals surface area (Å²) >= 11 is 0. The van der Waals surface area contributed by atoms with Gasteiger partial charge in [0.05, 0.1) is 5.75 Å². The van der Waals surface area contributed by atoms with Gasteiger partial charge in [-0.2, -0.15) is 0 Å². The van der Waals surface area contributed by atoms with Crippen molar-refractivity contribution in [1.29, 1.82) is 0 Å². The van der Waals surface area contributed by atoms with E-state index in [2.05, 4.69) is 5.32 Å². The number of carbonyl (C=O) groups excluding carboxylic acids is 1. The molecule has 1 fully saturated rings. The molecule has 0 saturated carbocycles. The van der Waals surface area contributed by atoms with Crippen molar-refractivity contribution in [3.05, 3.63) is 0 Å². The molecule has 110 valence electrons. The molecule has 0 spiro atoms. The predicted octanol–water partition coefficient (Wildman–Crippen LogP) is -0.0743. The largest absolute Gasteiger partial charge is 0.481 e. The zero-order valence-corrected chi connectivity index (χ0v) is 11.9. The minimum Gasteiger partial charge on any atom is -0.481 e. The monoisotopic (exact) mass is 292 g/mol. The van der Waals surface area contributed by atoms with Gasteiger partial charge < -0.3 is 15.3 Å². The zero-order chi connectivity index (χ0) is 14.6. The van der Waals surface area contributed by atoms with Crippen molar-refractivity contribution in [3.63, 3.8) is 0 Å². The second-order valence-electron chi connectivity index (χ2n) is 5.14. The topological polar surface area (TPSA) is 104 Å². The first-order valence-corrected chi connectivity index (χ1v) is 8.18. The van der Waals surface area contributed by atoms with Gasteiger partial charge in [0.2, 0.25) is 0 Å². The third-order valence-corrected chi connectivity index (χ3v) is 4.06. The van der Waals surface area contributed by atoms with E-state index in [0.717, 1.165) is 6.26 Å². The summed E-state index contributed by atoms with van der Waals surface area (Å²) in [7, 11) is -3.13. The highest BCUT2D eigenvalue weighted by Crippen LogP contribution is 2.19. The molecule has 7 nitrogen and oxygen atoms in total. The number of carboxylic acids is 1. The highest BCUT2D eigenvalue weighted by molar-refractivity contribution is 7.90. The standard InChI is InChI=1S/C11H20N2O5S/c1-8(7-19(2,17)18)12-11(16)13-4-3-9(6-13)5-10(14)15/h8-9H,3-7H2,1-2H3,(H,12,16)(H,14,15). The Morgan fingerprint density at radius 3 is 2.63 bits per heavy atom. The number of amides is 2. The van der Waals surface area contributed by atoms with Crippen LogP contribution in [0.15, 0.2) is 0 Å². The predicted molar refractivity (Wildman–Crippen MR) is 69.6 cm³/mol. The minimum atomic E-state index is -3.13. The maximum atomic E-state index is 11.8. The van der Waals surface area contributed by atoms with Gasteiger partial charge in [0.15, 0.2) is 0 Å². The molecule has 0 aromatic heterocycles. The summed E-state index contributed by atoms with van der Waals surface area (Å²) in [6.07, 6.45) is 1.84. The summed E-state index contributed by atoms with van der Waals surface area (Å²) in [5.74, 6) is -0.989. The van der Waals surface area contributed by atoms with Gasteiger partial charge in [0, 0.05) is 31.8 Å². The average Bonchev–Trinajstić information content (AvgIpc) is 2.61. The molecule has 1 saturated heterocycles. The number of likely N-dealkylation sites (tertiary alicyclic amines) is 1. The first-order valence-electron chi connectivity index (χ1n) is 6.12. The Morgan fingerprint density at radius 2 is 2.11 bits per heavy atom. The van der Waals surface area contributed by atoms with Crippen molar-refractivity contribution in [1.82, 2.24) is 10.2 Å². The average molecular weight is 292 g/mol. The number of carboxylic acid groups (broad SMARTS) is 1. The van der Waals surface area contributed by atoms with Gasteiger partial charge in [-0.3, -0.25) is 4.79 Å². The van der Waals surface area contributed by atoms with Crippen LogP contribution in [0, 0.1) is 5.92 Å². The van der Waals surface area contributed by atoms with Gasteiger partial charge in [0.1, 0.15) is 9.84 Å². The van der Waals surface area contributed by atoms with E-state index < -0.39 is 21.8 Å². The first-order chi connectivity index (χ1) is 8.67. The molecule has 1 aliphatic heterocycles. The Morgan fingerprint density at radius 1 is 1.47 bits per heavy atom. The number of nitrogens with zero attached hydrogens (tertiary/aromatic N) is 1. The SMILES string of the molecule is CC(CS(C)(=O)=O)NC(=O)N1CCC(CC(=O)O)C1. The van der Waals surface area contributed by atoms with Crippen LogP contribution in [-0.2, 0) is 14.6 Å². The van der Waals surface area contributed by atoms with Gasteiger partial charge in [0.25, 0.3) is 0 Å². The molecule has 1 rings (SSSR count). The number of sulfone groups is 1. The van der Waals surface area contributed by atoms with Gasteiger partial charge in [-0.25, -0.2) is 13.2 Å². The normalized spacial score (nSPS) is 21.2. The fourth-order valence-electron chi connectivity index (χ4n) is 2.23. The number of rotatable bonds is 5. The summed E-state index contributed by atoms with van der Waals surface area (Å²) in [4.78, 5) is 24.0. The molecule has 0 aromatic rings. The van der Waals surface area contributed by atoms with Crippen LogP contribution in [0.25, 0.3) is 0 Å². The summed E-state index contributed by atoms with van der Waals surface area (Å²) in [6, 6.07) is -0.787. The summed E-state index contributed by atoms with van der Waals surface area (Å²) < 4.78 is 22.2. The third kappa shape index (κ3) is 5.91. The summed E-state index contributed by atoms with van der Waals surface area (Å²) in [5.41, 5.74) is 0. The second kappa shape index (κ2) is 6.23. The number of nitrogens with one attached hydrogen (secondary N) is 1. The number of hydrogen-bond donors (Lipinski definition) is 2. The summed E-state index contributed by atoms with van der Waals surface area (Å²) in [6.45, 7) is 2.54. The molecule has 2 atom stereocenters. The van der Waals surface area contributed by atoms with E-state index in [1.54, 1.807) is 6.92 Å². The maximum absolute atomic E-state index is 11.8. The Labute approximate surface area is 112 Å². The Bertz CT molecular complexity index is 448. The lowest BCUT2D eigenvalue weighted by Crippen LogP contribution is -2.45. The van der Waals surface area contributed by atoms with Gasteiger partial charge in [-0.15, -0.1) is 0 Å². The van der Waals surface area contributed by atoms with Crippen molar-refractivity contribution in [3.8, 4) is 0 Å². The van der Waals surface area contributed by atoms with Crippen molar-refractivity contribution in [2.24, 2.45) is 5.92 Å². The van der Waals surface area contributed by atoms with Crippen LogP contribution in [0.1, 0.15) is 19.8 Å². The lowest BCUT2D eigenvalue weighted by molar-refractivity contribution is -0.138. The molecule has 1 heterocycles. The number of aliphatic carboxylic acids is 1. The number of urea groups is 1. The highest BCUT2D eigenvalue weighted by atomic mass is 32.2. The van der Waals surface area contributed by atoms with E-state index in [1.807, 2.05) is 0 Å². The molecule has 0 radical (unpaired) electrons. The van der Waals surface area contributed by atoms with Crippen LogP contribution in [-0.4, -0.2) is 61.6 Å². The van der Waals surface area contributed by atoms with Crippen LogP contribution in [0.4, 0.5) is 4.79 Å². The van der Waals surface area contributed by atoms with E-state index in [1.165, 1.54) is 4.90 Å². The van der Waals surface area contributed by atoms with Gasteiger partial charge >= 0.3 is 12.0 Å². The number of carbonyl (C=O) groups is 2. The van der Waals surface area contributed by atoms with Crippen molar-refractivity contribution in [2.75, 3.05) is 25.1 Å². The minimum absolute atomic E-state index is 0.0199. The zero-order valence-electron chi connectivity index (χ0n) is 11.1. The van der Waals surface area contributed by atoms with Gasteiger partial charge in [-0.1, -0.05) is 0 Å². The fourth-order valence-corrected chi connectivity index (χ4v) is 3.22. The molecule has 0 aromatic carbocycles. The van der Waals surface area contributed by atoms with E-state index in [4.69, 9.17) is 5.11 Å². The van der Waals surface area contributed by atoms with Crippen LogP contribution >= 0.6 is 0 Å². The Balaban J connectivity index is 2.41. The molecule has 0 bridgehead atoms. The molecular formula is C11H20N2O5S. The van der Waals surface area contributed by atoms with Crippen LogP contribution in [0.5, 0.6) is 0 Å². The molecule has 19 heavy (non-hydrogen) atoms. The van der Waals surface area contributed by atoms with Crippen LogP contribution in [0.3, 0.4) is 0 Å². The second-order valence-corrected chi connectivity index (χ2v) is 7.33. The Hall–Kier alpha value is -1.31. The molecular weight excluding hydrogens is 272 g/mol. The van der Waals surface area contributed by atoms with Crippen molar-refractivity contribution in [2.45, 2.75) is 25.8 Å². The maximum Gasteiger partial charge on any atom is 0.317 e. The van der Waals surface area contributed by atoms with Crippen LogP contribution in [0.2, 0.25) is 0 Å². The van der Waals surface area contributed by atoms with Crippen LogP contribution < -0.4 is 5.32 Å². The molecule has 1 aliphatic rings. The van der Waals surface area contributed by atoms with E-state index >= 15 is 0 Å². The van der Waals surface area contributed by atoms with Gasteiger partial charge in [-0.05, 0) is 19.3 Å². The molecule has 0 aliphatic carbocycles. The van der Waals surface area contributed by atoms with E-state index in [0.29, 0.717) is 19.5 Å². The molecule has 2 amide bonds. The quantitative estimate of drug-likeness (QED) is 0.738. The van der Waals surface area contributed by atoms with E-state index in [9.17, 15) is 18.0 Å². The smallest absolute Gasteiger partial charge is 0.317 e. The summed E-state index contributed by atoms with van der Waals surface area (Å²) in [5, 5.41) is 11.3. The van der Waals surface area contributed by atoms with E-state index in [-0.39, 0.29) is 24.1 Å². The molecule has 2 unspecified atom stereocenters. The highest BCUT2D eigenvalue weighted by Gasteiger charge is 2.28. The van der Waals surface area contributed by atoms with Crippen molar-refractivity contribution < 1.29 is 23.1 Å². The fraction of sp³-hybridized carbons (Fsp3) is 0.818. The van der Waals surface area contributed by atoms with Crippen molar-refractivity contribution >= 4 is 21.8 Å². The Kier molecular flexibility index (Phi) is 5.16. The lowest BCUT2D eigenvalue weighted by atomic mass is 10.1. The molecule has 2 N–H and O–H groups in total. The molecule has 8 heteroatoms.